The van der Waals surface area contributed by atoms with E-state index >= 15 is 0 Å². The lowest BCUT2D eigenvalue weighted by atomic mass is 9.79. The van der Waals surface area contributed by atoms with Crippen LogP contribution >= 0.6 is 0 Å². The van der Waals surface area contributed by atoms with Gasteiger partial charge in [-0.1, -0.05) is 50.2 Å². The second-order valence-electron chi connectivity index (χ2n) is 7.64. The maximum atomic E-state index is 12.6. The van der Waals surface area contributed by atoms with Crippen molar-refractivity contribution in [2.45, 2.75) is 43.5 Å². The van der Waals surface area contributed by atoms with E-state index in [9.17, 15) is 13.2 Å². The van der Waals surface area contributed by atoms with Crippen LogP contribution in [0.1, 0.15) is 43.1 Å². The second kappa shape index (κ2) is 8.23. The van der Waals surface area contributed by atoms with Gasteiger partial charge in [0.25, 0.3) is 5.91 Å². The van der Waals surface area contributed by atoms with Crippen molar-refractivity contribution in [3.05, 3.63) is 65.7 Å². The Kier molecular flexibility index (Phi) is 6.44. The molecule has 1 amide bonds. The molecule has 0 aliphatic heterocycles. The van der Waals surface area contributed by atoms with E-state index in [-0.39, 0.29) is 22.3 Å². The molecule has 0 saturated carbocycles. The molecule has 6 heteroatoms. The summed E-state index contributed by atoms with van der Waals surface area (Å²) in [6, 6.07) is 16.2. The van der Waals surface area contributed by atoms with Crippen molar-refractivity contribution in [3.8, 4) is 0 Å². The van der Waals surface area contributed by atoms with Crippen molar-refractivity contribution in [1.82, 2.24) is 9.62 Å². The fourth-order valence-corrected chi connectivity index (χ4v) is 4.09. The molecule has 0 spiro atoms. The van der Waals surface area contributed by atoms with Crippen LogP contribution in [0, 0.1) is 0 Å². The number of rotatable bonds is 7. The van der Waals surface area contributed by atoms with Gasteiger partial charge in [0.2, 0.25) is 10.0 Å². The standard InChI is InChI=1S/C21H28N2O3S/c1-16(15-21(2,3)18-11-7-6-8-12-18)22-20(24)17-10-9-13-19(14-17)27(25,26)23(4)5/h6-14,16H,15H2,1-5H3,(H,22,24). The van der Waals surface area contributed by atoms with Gasteiger partial charge in [-0.15, -0.1) is 0 Å². The first-order chi connectivity index (χ1) is 12.5. The van der Waals surface area contributed by atoms with Gasteiger partial charge in [-0.05, 0) is 42.5 Å². The third-order valence-corrected chi connectivity index (χ3v) is 6.44. The van der Waals surface area contributed by atoms with Crippen LogP contribution < -0.4 is 5.32 Å². The average Bonchev–Trinajstić information content (AvgIpc) is 2.61. The second-order valence-corrected chi connectivity index (χ2v) is 9.80. The normalized spacial score (nSPS) is 13.4. The molecule has 1 atom stereocenters. The molecule has 5 nitrogen and oxygen atoms in total. The lowest BCUT2D eigenvalue weighted by molar-refractivity contribution is 0.0934. The van der Waals surface area contributed by atoms with E-state index in [1.807, 2.05) is 25.1 Å². The number of sulfonamides is 1. The summed E-state index contributed by atoms with van der Waals surface area (Å²) in [6.07, 6.45) is 0.762. The zero-order valence-electron chi connectivity index (χ0n) is 16.6. The third-order valence-electron chi connectivity index (χ3n) is 4.62. The van der Waals surface area contributed by atoms with Crippen LogP contribution in [0.3, 0.4) is 0 Å². The zero-order valence-corrected chi connectivity index (χ0v) is 17.4. The van der Waals surface area contributed by atoms with Gasteiger partial charge >= 0.3 is 0 Å². The largest absolute Gasteiger partial charge is 0.350 e. The molecule has 0 aliphatic rings. The maximum absolute atomic E-state index is 12.6. The third kappa shape index (κ3) is 5.17. The number of nitrogens with one attached hydrogen (secondary N) is 1. The van der Waals surface area contributed by atoms with Crippen LogP contribution in [-0.2, 0) is 15.4 Å². The number of hydrogen-bond donors (Lipinski definition) is 1. The van der Waals surface area contributed by atoms with Gasteiger partial charge < -0.3 is 5.32 Å². The van der Waals surface area contributed by atoms with E-state index in [1.54, 1.807) is 12.1 Å². The summed E-state index contributed by atoms with van der Waals surface area (Å²) in [4.78, 5) is 12.7. The molecule has 2 rings (SSSR count). The van der Waals surface area contributed by atoms with Crippen molar-refractivity contribution in [1.29, 1.82) is 0 Å². The molecule has 2 aromatic carbocycles. The quantitative estimate of drug-likeness (QED) is 0.790. The van der Waals surface area contributed by atoms with Crippen molar-refractivity contribution in [3.63, 3.8) is 0 Å². The number of carbonyl (C=O) groups is 1. The van der Waals surface area contributed by atoms with E-state index in [0.717, 1.165) is 10.7 Å². The topological polar surface area (TPSA) is 66.5 Å². The molecule has 1 unspecified atom stereocenters. The lowest BCUT2D eigenvalue weighted by Gasteiger charge is -2.29. The Balaban J connectivity index is 2.11. The summed E-state index contributed by atoms with van der Waals surface area (Å²) in [6.45, 7) is 6.26. The van der Waals surface area contributed by atoms with Crippen LogP contribution in [0.2, 0.25) is 0 Å². The molecule has 0 bridgehead atoms. The molecule has 0 saturated heterocycles. The maximum Gasteiger partial charge on any atom is 0.251 e. The Bertz CT molecular complexity index is 891. The van der Waals surface area contributed by atoms with Crippen LogP contribution in [0.25, 0.3) is 0 Å². The minimum Gasteiger partial charge on any atom is -0.350 e. The Labute approximate surface area is 162 Å². The van der Waals surface area contributed by atoms with Crippen LogP contribution in [0.15, 0.2) is 59.5 Å². The first-order valence-electron chi connectivity index (χ1n) is 8.93. The molecule has 0 radical (unpaired) electrons. The summed E-state index contributed by atoms with van der Waals surface area (Å²) in [5.41, 5.74) is 1.46. The minimum atomic E-state index is -3.57. The summed E-state index contributed by atoms with van der Waals surface area (Å²) < 4.78 is 25.7. The molecule has 27 heavy (non-hydrogen) atoms. The van der Waals surface area contributed by atoms with Crippen molar-refractivity contribution < 1.29 is 13.2 Å². The van der Waals surface area contributed by atoms with E-state index in [4.69, 9.17) is 0 Å². The average molecular weight is 389 g/mol. The van der Waals surface area contributed by atoms with E-state index in [0.29, 0.717) is 5.56 Å². The molecule has 2 aromatic rings. The summed E-state index contributed by atoms with van der Waals surface area (Å²) in [5.74, 6) is -0.276. The predicted octanol–water partition coefficient (Wildman–Crippen LogP) is 3.42. The molecule has 0 fully saturated rings. The van der Waals surface area contributed by atoms with Crippen molar-refractivity contribution in [2.75, 3.05) is 14.1 Å². The Morgan fingerprint density at radius 2 is 1.70 bits per heavy atom. The number of nitrogens with zero attached hydrogens (tertiary/aromatic N) is 1. The van der Waals surface area contributed by atoms with Gasteiger partial charge in [0, 0.05) is 25.7 Å². The Morgan fingerprint density at radius 3 is 2.30 bits per heavy atom. The molecule has 0 aliphatic carbocycles. The number of hydrogen-bond acceptors (Lipinski definition) is 3. The van der Waals surface area contributed by atoms with Gasteiger partial charge in [-0.2, -0.15) is 0 Å². The van der Waals surface area contributed by atoms with Gasteiger partial charge in [0.1, 0.15) is 0 Å². The van der Waals surface area contributed by atoms with E-state index < -0.39 is 10.0 Å². The van der Waals surface area contributed by atoms with Gasteiger partial charge in [0.15, 0.2) is 0 Å². The predicted molar refractivity (Wildman–Crippen MR) is 108 cm³/mol. The molecular formula is C21H28N2O3S. The van der Waals surface area contributed by atoms with Crippen LogP contribution in [0.5, 0.6) is 0 Å². The summed E-state index contributed by atoms with van der Waals surface area (Å²) in [5, 5.41) is 2.98. The first kappa shape index (κ1) is 21.1. The highest BCUT2D eigenvalue weighted by Gasteiger charge is 2.25. The number of benzene rings is 2. The summed E-state index contributed by atoms with van der Waals surface area (Å²) >= 11 is 0. The van der Waals surface area contributed by atoms with E-state index in [1.165, 1.54) is 31.8 Å². The fraction of sp³-hybridized carbons (Fsp3) is 0.381. The fourth-order valence-electron chi connectivity index (χ4n) is 3.14. The van der Waals surface area contributed by atoms with Gasteiger partial charge in [0.05, 0.1) is 4.90 Å². The first-order valence-corrected chi connectivity index (χ1v) is 10.4. The molecule has 146 valence electrons. The number of amides is 1. The highest BCUT2D eigenvalue weighted by molar-refractivity contribution is 7.89. The van der Waals surface area contributed by atoms with E-state index in [2.05, 4.69) is 31.3 Å². The summed E-state index contributed by atoms with van der Waals surface area (Å²) in [7, 11) is -0.637. The molecule has 1 N–H and O–H groups in total. The SMILES string of the molecule is CC(CC(C)(C)c1ccccc1)NC(=O)c1cccc(S(=O)(=O)N(C)C)c1. The van der Waals surface area contributed by atoms with Crippen LogP contribution in [-0.4, -0.2) is 38.8 Å². The zero-order chi connectivity index (χ0) is 20.2. The molecule has 0 aromatic heterocycles. The Morgan fingerprint density at radius 1 is 1.07 bits per heavy atom. The van der Waals surface area contributed by atoms with Crippen molar-refractivity contribution in [2.24, 2.45) is 0 Å². The monoisotopic (exact) mass is 388 g/mol. The smallest absolute Gasteiger partial charge is 0.251 e. The number of carbonyl (C=O) groups excluding carboxylic acids is 1. The van der Waals surface area contributed by atoms with Crippen LogP contribution in [0.4, 0.5) is 0 Å². The Hall–Kier alpha value is -2.18. The minimum absolute atomic E-state index is 0.0678. The highest BCUT2D eigenvalue weighted by Crippen LogP contribution is 2.28. The lowest BCUT2D eigenvalue weighted by Crippen LogP contribution is -2.37. The molecular weight excluding hydrogens is 360 g/mol. The van der Waals surface area contributed by atoms with Gasteiger partial charge in [-0.25, -0.2) is 12.7 Å². The molecule has 0 heterocycles. The van der Waals surface area contributed by atoms with Crippen molar-refractivity contribution >= 4 is 15.9 Å². The highest BCUT2D eigenvalue weighted by atomic mass is 32.2. The van der Waals surface area contributed by atoms with Gasteiger partial charge in [-0.3, -0.25) is 4.79 Å².